The van der Waals surface area contributed by atoms with E-state index < -0.39 is 18.1 Å². The normalized spacial score (nSPS) is 15.0. The number of nitrogens with two attached hydrogens (primary N) is 1. The summed E-state index contributed by atoms with van der Waals surface area (Å²) in [5.74, 6) is -1.19. The minimum Gasteiger partial charge on any atom is -0.480 e. The molecule has 0 saturated heterocycles. The van der Waals surface area contributed by atoms with Crippen LogP contribution in [0.25, 0.3) is 0 Å². The van der Waals surface area contributed by atoms with Crippen LogP contribution in [-0.2, 0) is 4.79 Å². The zero-order chi connectivity index (χ0) is 13.1. The van der Waals surface area contributed by atoms with E-state index in [9.17, 15) is 14.3 Å². The third-order valence-electron chi connectivity index (χ3n) is 2.50. The van der Waals surface area contributed by atoms with Gasteiger partial charge in [-0.1, -0.05) is 18.6 Å². The highest BCUT2D eigenvalue weighted by Gasteiger charge is 2.20. The van der Waals surface area contributed by atoms with Crippen molar-refractivity contribution in [3.8, 4) is 0 Å². The number of hydrogen-bond acceptors (Lipinski definition) is 3. The Morgan fingerprint density at radius 1 is 1.24 bits per heavy atom. The van der Waals surface area contributed by atoms with Gasteiger partial charge in [-0.25, -0.2) is 0 Å². The summed E-state index contributed by atoms with van der Waals surface area (Å²) in [6.45, 7) is -0.261. The number of hydrogen-bond donors (Lipinski definition) is 3. The number of aliphatic hydroxyl groups excluding tert-OH is 1. The Labute approximate surface area is 101 Å². The largest absolute Gasteiger partial charge is 0.480 e. The Bertz CT molecular complexity index is 234. The minimum absolute atomic E-state index is 0.261. The van der Waals surface area contributed by atoms with E-state index in [1.54, 1.807) is 0 Å². The Kier molecular flexibility index (Phi) is 9.66. The molecule has 0 radical (unpaired) electrons. The van der Waals surface area contributed by atoms with E-state index >= 15 is 0 Å². The molecule has 2 atom stereocenters. The van der Waals surface area contributed by atoms with Gasteiger partial charge in [0.05, 0.1) is 12.8 Å². The third kappa shape index (κ3) is 8.83. The SMILES string of the molecule is NC(C(=O)O)C(O)CCC=CCCCCCF. The topological polar surface area (TPSA) is 83.6 Å². The van der Waals surface area contributed by atoms with E-state index in [4.69, 9.17) is 10.8 Å². The van der Waals surface area contributed by atoms with Gasteiger partial charge in [0.15, 0.2) is 0 Å². The van der Waals surface area contributed by atoms with E-state index in [0.29, 0.717) is 19.3 Å². The first-order valence-electron chi connectivity index (χ1n) is 5.97. The smallest absolute Gasteiger partial charge is 0.323 e. The predicted molar refractivity (Wildman–Crippen MR) is 64.4 cm³/mol. The molecule has 0 aromatic rings. The van der Waals surface area contributed by atoms with Crippen LogP contribution in [0.5, 0.6) is 0 Å². The average molecular weight is 247 g/mol. The fourth-order valence-corrected chi connectivity index (χ4v) is 1.38. The number of carbonyl (C=O) groups is 1. The van der Waals surface area contributed by atoms with Gasteiger partial charge in [-0.05, 0) is 32.1 Å². The van der Waals surface area contributed by atoms with Gasteiger partial charge >= 0.3 is 5.97 Å². The quantitative estimate of drug-likeness (QED) is 0.404. The van der Waals surface area contributed by atoms with Crippen molar-refractivity contribution in [3.63, 3.8) is 0 Å². The minimum atomic E-state index is -1.21. The molecule has 0 bridgehead atoms. The van der Waals surface area contributed by atoms with Gasteiger partial charge in [-0.3, -0.25) is 9.18 Å². The molecule has 0 spiro atoms. The summed E-state index contributed by atoms with van der Waals surface area (Å²) in [5, 5.41) is 17.9. The summed E-state index contributed by atoms with van der Waals surface area (Å²) in [6.07, 6.45) is 7.14. The summed E-state index contributed by atoms with van der Waals surface area (Å²) < 4.78 is 11.7. The van der Waals surface area contributed by atoms with Gasteiger partial charge in [-0.2, -0.15) is 0 Å². The Balaban J connectivity index is 3.49. The van der Waals surface area contributed by atoms with Gasteiger partial charge < -0.3 is 15.9 Å². The number of carboxylic acids is 1. The monoisotopic (exact) mass is 247 g/mol. The number of aliphatic hydroxyl groups is 1. The van der Waals surface area contributed by atoms with Crippen LogP contribution in [-0.4, -0.2) is 35.0 Å². The van der Waals surface area contributed by atoms with Crippen LogP contribution in [0.3, 0.4) is 0 Å². The molecule has 0 saturated carbocycles. The number of carboxylic acid groups (broad SMARTS) is 1. The van der Waals surface area contributed by atoms with Crippen molar-refractivity contribution in [1.29, 1.82) is 0 Å². The van der Waals surface area contributed by atoms with E-state index in [-0.39, 0.29) is 6.67 Å². The first-order chi connectivity index (χ1) is 8.09. The van der Waals surface area contributed by atoms with Crippen LogP contribution >= 0.6 is 0 Å². The number of allylic oxidation sites excluding steroid dienone is 2. The van der Waals surface area contributed by atoms with Crippen molar-refractivity contribution < 1.29 is 19.4 Å². The maximum atomic E-state index is 11.7. The molecule has 0 aromatic heterocycles. The Morgan fingerprint density at radius 2 is 1.88 bits per heavy atom. The molecular formula is C12H22FNO3. The van der Waals surface area contributed by atoms with Crippen LogP contribution in [0.2, 0.25) is 0 Å². The van der Waals surface area contributed by atoms with Crippen LogP contribution < -0.4 is 5.73 Å². The molecule has 0 aliphatic heterocycles. The molecule has 2 unspecified atom stereocenters. The van der Waals surface area contributed by atoms with Crippen molar-refractivity contribution in [1.82, 2.24) is 0 Å². The molecule has 100 valence electrons. The molecule has 0 amide bonds. The summed E-state index contributed by atoms with van der Waals surface area (Å²) in [6, 6.07) is -1.21. The number of aliphatic carboxylic acids is 1. The van der Waals surface area contributed by atoms with Crippen LogP contribution in [0, 0.1) is 0 Å². The van der Waals surface area contributed by atoms with E-state index in [2.05, 4.69) is 0 Å². The zero-order valence-corrected chi connectivity index (χ0v) is 10.0. The lowest BCUT2D eigenvalue weighted by atomic mass is 10.1. The molecule has 0 aromatic carbocycles. The maximum absolute atomic E-state index is 11.7. The molecule has 5 heteroatoms. The van der Waals surface area contributed by atoms with Crippen molar-refractivity contribution >= 4 is 5.97 Å². The predicted octanol–water partition coefficient (Wildman–Crippen LogP) is 1.63. The van der Waals surface area contributed by atoms with Crippen molar-refractivity contribution in [2.45, 2.75) is 50.7 Å². The fourth-order valence-electron chi connectivity index (χ4n) is 1.38. The molecule has 0 heterocycles. The molecule has 0 fully saturated rings. The lowest BCUT2D eigenvalue weighted by Gasteiger charge is -2.13. The highest BCUT2D eigenvalue weighted by atomic mass is 19.1. The second kappa shape index (κ2) is 10.2. The van der Waals surface area contributed by atoms with Gasteiger partial charge in [0, 0.05) is 0 Å². The van der Waals surface area contributed by atoms with Crippen molar-refractivity contribution in [3.05, 3.63) is 12.2 Å². The molecule has 0 aliphatic carbocycles. The van der Waals surface area contributed by atoms with Gasteiger partial charge in [0.1, 0.15) is 6.04 Å². The summed E-state index contributed by atoms with van der Waals surface area (Å²) in [5.41, 5.74) is 5.25. The highest BCUT2D eigenvalue weighted by Crippen LogP contribution is 2.05. The average Bonchev–Trinajstić information content (AvgIpc) is 2.31. The van der Waals surface area contributed by atoms with E-state index in [1.807, 2.05) is 12.2 Å². The molecule has 4 N–H and O–H groups in total. The van der Waals surface area contributed by atoms with E-state index in [1.165, 1.54) is 0 Å². The van der Waals surface area contributed by atoms with Gasteiger partial charge in [0.2, 0.25) is 0 Å². The molecular weight excluding hydrogens is 225 g/mol. The molecule has 0 aliphatic rings. The number of rotatable bonds is 10. The van der Waals surface area contributed by atoms with Gasteiger partial charge in [-0.15, -0.1) is 0 Å². The summed E-state index contributed by atoms with van der Waals surface area (Å²) >= 11 is 0. The highest BCUT2D eigenvalue weighted by molar-refractivity contribution is 5.73. The fraction of sp³-hybridized carbons (Fsp3) is 0.750. The van der Waals surface area contributed by atoms with Gasteiger partial charge in [0.25, 0.3) is 0 Å². The number of unbranched alkanes of at least 4 members (excludes halogenated alkanes) is 3. The Morgan fingerprint density at radius 3 is 2.47 bits per heavy atom. The standard InChI is InChI=1S/C12H22FNO3/c13-9-7-5-3-1-2-4-6-8-10(15)11(14)12(16)17/h2,4,10-11,15H,1,3,5-9,14H2,(H,16,17). The number of alkyl halides is 1. The van der Waals surface area contributed by atoms with Crippen molar-refractivity contribution in [2.75, 3.05) is 6.67 Å². The second-order valence-electron chi connectivity index (χ2n) is 4.02. The summed E-state index contributed by atoms with van der Waals surface area (Å²) in [7, 11) is 0. The number of halogens is 1. The lowest BCUT2D eigenvalue weighted by Crippen LogP contribution is -2.41. The Hall–Kier alpha value is -0.940. The lowest BCUT2D eigenvalue weighted by molar-refractivity contribution is -0.141. The van der Waals surface area contributed by atoms with Crippen molar-refractivity contribution in [2.24, 2.45) is 5.73 Å². The maximum Gasteiger partial charge on any atom is 0.323 e. The molecule has 17 heavy (non-hydrogen) atoms. The second-order valence-corrected chi connectivity index (χ2v) is 4.02. The van der Waals surface area contributed by atoms with E-state index in [0.717, 1.165) is 19.3 Å². The van der Waals surface area contributed by atoms with Crippen LogP contribution in [0.1, 0.15) is 38.5 Å². The molecule has 4 nitrogen and oxygen atoms in total. The van der Waals surface area contributed by atoms with Crippen LogP contribution in [0.15, 0.2) is 12.2 Å². The molecule has 0 rings (SSSR count). The first-order valence-corrected chi connectivity index (χ1v) is 5.97. The zero-order valence-electron chi connectivity index (χ0n) is 10.0. The first kappa shape index (κ1) is 16.1. The summed E-state index contributed by atoms with van der Waals surface area (Å²) in [4.78, 5) is 10.4. The van der Waals surface area contributed by atoms with Crippen LogP contribution in [0.4, 0.5) is 4.39 Å². The third-order valence-corrected chi connectivity index (χ3v) is 2.50.